The SMILES string of the molecule is [2H]c1c([2H])c([2H])c2c(c1[2H])-c1c(c([2H])c([2H])c3c4c([2H])c([2H])c([2H])c([2H])c4n(-c4cccc(-c5cccc(-c6nc(-c7ccccc7)nc(-c7ccccc7)n6)c5)c4)c13)C2(C([2H])([2H])[2H])C([2H])([2H])[2H]. The summed E-state index contributed by atoms with van der Waals surface area (Å²) in [5.74, 6) is 1.26. The van der Waals surface area contributed by atoms with Crippen LogP contribution in [0.4, 0.5) is 0 Å². The van der Waals surface area contributed by atoms with Gasteiger partial charge >= 0.3 is 0 Å². The second kappa shape index (κ2) is 11.7. The lowest BCUT2D eigenvalue weighted by atomic mass is 9.82. The lowest BCUT2D eigenvalue weighted by molar-refractivity contribution is 0.661. The maximum atomic E-state index is 9.51. The quantitative estimate of drug-likeness (QED) is 0.181. The second-order valence-corrected chi connectivity index (χ2v) is 12.5. The molecule has 246 valence electrons. The Labute approximate surface area is 325 Å². The topological polar surface area (TPSA) is 43.6 Å². The average molecular weight is 683 g/mol. The number of nitrogens with zero attached hydrogens (tertiary/aromatic N) is 4. The van der Waals surface area contributed by atoms with E-state index in [1.165, 1.54) is 4.57 Å². The third-order valence-electron chi connectivity index (χ3n) is 9.35. The van der Waals surface area contributed by atoms with Crippen molar-refractivity contribution in [3.05, 3.63) is 181 Å². The highest BCUT2D eigenvalue weighted by Crippen LogP contribution is 2.52. The van der Waals surface area contributed by atoms with Crippen LogP contribution in [-0.4, -0.2) is 19.5 Å². The van der Waals surface area contributed by atoms with Gasteiger partial charge in [-0.1, -0.05) is 159 Å². The van der Waals surface area contributed by atoms with Gasteiger partial charge in [-0.05, 0) is 52.1 Å². The number of rotatable bonds is 5. The Morgan fingerprint density at radius 1 is 0.519 bits per heavy atom. The summed E-state index contributed by atoms with van der Waals surface area (Å²) in [5.41, 5.74) is -2.65. The lowest BCUT2D eigenvalue weighted by Crippen LogP contribution is -2.14. The number of para-hydroxylation sites is 1. The summed E-state index contributed by atoms with van der Waals surface area (Å²) in [6.45, 7) is -7.22. The van der Waals surface area contributed by atoms with Crippen LogP contribution in [0.1, 0.15) is 46.8 Å². The van der Waals surface area contributed by atoms with Crippen molar-refractivity contribution in [2.45, 2.75) is 19.1 Å². The number of hydrogen-bond acceptors (Lipinski definition) is 3. The fourth-order valence-corrected chi connectivity index (χ4v) is 6.95. The van der Waals surface area contributed by atoms with Crippen molar-refractivity contribution in [1.29, 1.82) is 0 Å². The molecule has 10 rings (SSSR count). The molecule has 0 atom stereocenters. The second-order valence-electron chi connectivity index (χ2n) is 12.5. The van der Waals surface area contributed by atoms with Gasteiger partial charge in [0.1, 0.15) is 0 Å². The molecule has 9 aromatic rings. The van der Waals surface area contributed by atoms with Crippen molar-refractivity contribution in [3.8, 4) is 62.1 Å². The molecule has 4 heteroatoms. The van der Waals surface area contributed by atoms with Gasteiger partial charge in [0.2, 0.25) is 0 Å². The largest absolute Gasteiger partial charge is 0.309 e. The van der Waals surface area contributed by atoms with Crippen molar-refractivity contribution in [3.63, 3.8) is 0 Å². The van der Waals surface area contributed by atoms with E-state index in [9.17, 15) is 5.48 Å². The number of hydrogen-bond donors (Lipinski definition) is 0. The van der Waals surface area contributed by atoms with E-state index in [2.05, 4.69) is 0 Å². The van der Waals surface area contributed by atoms with E-state index in [1.807, 2.05) is 84.9 Å². The molecule has 0 unspecified atom stereocenters. The first kappa shape index (κ1) is 18.0. The summed E-state index contributed by atoms with van der Waals surface area (Å²) in [6.07, 6.45) is 0. The molecule has 4 nitrogen and oxygen atoms in total. The van der Waals surface area contributed by atoms with Gasteiger partial charge in [0.05, 0.1) is 24.7 Å². The maximum Gasteiger partial charge on any atom is 0.164 e. The standard InChI is InChI=1S/C48H34N4/c1-48(2)40-25-11-9-24-39(40)43-41(48)28-27-38-37-23-10-12-26-42(37)52(44(38)43)36-22-14-20-34(30-36)33-19-13-21-35(29-33)47-50-45(31-15-5-3-6-16-31)49-46(51-47)32-17-7-4-8-18-32/h3-30H,1-2H3/i1D3,2D3,9D,10D,11D,12D,23D,24D,25D,26D,27D,28D. The minimum Gasteiger partial charge on any atom is -0.309 e. The molecular formula is C48H34N4. The summed E-state index contributed by atoms with van der Waals surface area (Å²) in [5, 5.41) is -0.507. The Morgan fingerprint density at radius 2 is 1.12 bits per heavy atom. The molecule has 0 spiro atoms. The highest BCUT2D eigenvalue weighted by atomic mass is 15.0. The summed E-state index contributed by atoms with van der Waals surface area (Å²) in [7, 11) is 0. The van der Waals surface area contributed by atoms with Crippen molar-refractivity contribution < 1.29 is 21.9 Å². The van der Waals surface area contributed by atoms with Crippen molar-refractivity contribution in [1.82, 2.24) is 19.5 Å². The zero-order chi connectivity index (χ0) is 48.5. The molecule has 52 heavy (non-hydrogen) atoms. The fourth-order valence-electron chi connectivity index (χ4n) is 6.95. The Balaban J connectivity index is 1.29. The highest BCUT2D eigenvalue weighted by molar-refractivity contribution is 6.15. The molecule has 0 aliphatic heterocycles. The molecule has 0 N–H and O–H groups in total. The molecule has 1 aliphatic carbocycles. The lowest BCUT2D eigenvalue weighted by Gasteiger charge is -2.21. The third-order valence-corrected chi connectivity index (χ3v) is 9.35. The van der Waals surface area contributed by atoms with Crippen LogP contribution in [-0.2, 0) is 5.41 Å². The minimum absolute atomic E-state index is 0.192. The molecule has 0 radical (unpaired) electrons. The van der Waals surface area contributed by atoms with Crippen LogP contribution in [0.5, 0.6) is 0 Å². The van der Waals surface area contributed by atoms with E-state index in [1.54, 1.807) is 24.3 Å². The monoisotopic (exact) mass is 682 g/mol. The van der Waals surface area contributed by atoms with E-state index in [-0.39, 0.29) is 27.5 Å². The van der Waals surface area contributed by atoms with Crippen molar-refractivity contribution >= 4 is 21.8 Å². The number of aromatic nitrogens is 4. The highest BCUT2D eigenvalue weighted by Gasteiger charge is 2.37. The molecule has 2 aromatic heterocycles. The third kappa shape index (κ3) is 4.72. The Kier molecular flexibility index (Phi) is 4.06. The van der Waals surface area contributed by atoms with Gasteiger partial charge < -0.3 is 4.57 Å². The summed E-state index contributed by atoms with van der Waals surface area (Å²) in [4.78, 5) is 14.5. The van der Waals surface area contributed by atoms with Gasteiger partial charge in [-0.15, -0.1) is 0 Å². The molecule has 0 bridgehead atoms. The van der Waals surface area contributed by atoms with Gasteiger partial charge in [-0.25, -0.2) is 15.0 Å². The van der Waals surface area contributed by atoms with Gasteiger partial charge in [0.25, 0.3) is 0 Å². The van der Waals surface area contributed by atoms with E-state index >= 15 is 0 Å². The summed E-state index contributed by atoms with van der Waals surface area (Å²) in [6, 6.07) is 25.3. The predicted molar refractivity (Wildman–Crippen MR) is 213 cm³/mol. The Morgan fingerprint density at radius 3 is 1.85 bits per heavy atom. The van der Waals surface area contributed by atoms with Crippen LogP contribution in [0.2, 0.25) is 0 Å². The Bertz CT molecular complexity index is 3530. The molecule has 7 aromatic carbocycles. The molecule has 0 amide bonds. The Hall–Kier alpha value is -6.65. The van der Waals surface area contributed by atoms with Gasteiger partial charge in [0.15, 0.2) is 17.5 Å². The number of benzene rings is 7. The fraction of sp³-hybridized carbons (Fsp3) is 0.0625. The zero-order valence-corrected chi connectivity index (χ0v) is 27.2. The van der Waals surface area contributed by atoms with E-state index in [4.69, 9.17) is 31.4 Å². The maximum absolute atomic E-state index is 9.51. The molecule has 0 saturated carbocycles. The first-order valence-corrected chi connectivity index (χ1v) is 16.5. The normalized spacial score (nSPS) is 17.8. The predicted octanol–water partition coefficient (Wildman–Crippen LogP) is 11.9. The van der Waals surface area contributed by atoms with Crippen LogP contribution >= 0.6 is 0 Å². The van der Waals surface area contributed by atoms with Crippen molar-refractivity contribution in [2.75, 3.05) is 0 Å². The number of fused-ring (bicyclic) bond motifs is 7. The molecule has 1 aliphatic rings. The minimum atomic E-state index is -3.61. The van der Waals surface area contributed by atoms with Gasteiger partial charge in [-0.2, -0.15) is 0 Å². The van der Waals surface area contributed by atoms with Crippen LogP contribution in [0.3, 0.4) is 0 Å². The average Bonchev–Trinajstić information content (AvgIpc) is 3.87. The van der Waals surface area contributed by atoms with E-state index in [0.29, 0.717) is 34.2 Å². The van der Waals surface area contributed by atoms with Crippen molar-refractivity contribution in [2.24, 2.45) is 0 Å². The first-order valence-electron chi connectivity index (χ1n) is 24.5. The van der Waals surface area contributed by atoms with Gasteiger partial charge in [-0.3, -0.25) is 0 Å². The molecule has 0 saturated heterocycles. The van der Waals surface area contributed by atoms with E-state index < -0.39 is 102 Å². The smallest absolute Gasteiger partial charge is 0.164 e. The zero-order valence-electron chi connectivity index (χ0n) is 43.2. The van der Waals surface area contributed by atoms with E-state index in [0.717, 1.165) is 11.1 Å². The first-order chi connectivity index (χ1) is 32.2. The van der Waals surface area contributed by atoms with Crippen LogP contribution in [0.15, 0.2) is 170 Å². The van der Waals surface area contributed by atoms with Gasteiger partial charge in [0, 0.05) is 52.4 Å². The summed E-state index contributed by atoms with van der Waals surface area (Å²) >= 11 is 0. The molecular weight excluding hydrogens is 633 g/mol. The molecule has 2 heterocycles. The summed E-state index contributed by atoms with van der Waals surface area (Å²) < 4.78 is 145. The van der Waals surface area contributed by atoms with Crippen LogP contribution in [0, 0.1) is 0 Å². The van der Waals surface area contributed by atoms with Crippen LogP contribution < -0.4 is 0 Å². The molecule has 0 fully saturated rings. The van der Waals surface area contributed by atoms with Crippen LogP contribution in [0.25, 0.3) is 83.9 Å².